The zero-order valence-corrected chi connectivity index (χ0v) is 21.7. The Morgan fingerprint density at radius 2 is 1.73 bits per heavy atom. The molecule has 0 atom stereocenters. The summed E-state index contributed by atoms with van der Waals surface area (Å²) < 4.78 is 13.5. The molecule has 2 aromatic carbocycles. The van der Waals surface area contributed by atoms with Gasteiger partial charge in [-0.15, -0.1) is 0 Å². The lowest BCUT2D eigenvalue weighted by Crippen LogP contribution is -2.47. The number of hydrogen-bond donors (Lipinski definition) is 1. The van der Waals surface area contributed by atoms with Gasteiger partial charge in [-0.1, -0.05) is 12.1 Å². The molecule has 1 saturated heterocycles. The van der Waals surface area contributed by atoms with Crippen molar-refractivity contribution in [1.29, 1.82) is 0 Å². The number of aryl methyl sites for hydroxylation is 2. The second kappa shape index (κ2) is 9.89. The Bertz CT molecular complexity index is 1430. The van der Waals surface area contributed by atoms with Crippen molar-refractivity contribution >= 4 is 22.7 Å². The third-order valence-electron chi connectivity index (χ3n) is 7.41. The number of benzene rings is 2. The van der Waals surface area contributed by atoms with Gasteiger partial charge in [-0.2, -0.15) is 0 Å². The van der Waals surface area contributed by atoms with Crippen molar-refractivity contribution in [3.63, 3.8) is 0 Å². The van der Waals surface area contributed by atoms with Crippen LogP contribution in [0.15, 0.2) is 42.7 Å². The highest BCUT2D eigenvalue weighted by molar-refractivity contribution is 5.84. The van der Waals surface area contributed by atoms with Crippen molar-refractivity contribution < 1.29 is 9.47 Å². The minimum Gasteiger partial charge on any atom is -0.486 e. The zero-order valence-electron chi connectivity index (χ0n) is 21.7. The normalized spacial score (nSPS) is 15.8. The zero-order chi connectivity index (χ0) is 25.4. The summed E-state index contributed by atoms with van der Waals surface area (Å²) in [6, 6.07) is 12.5. The molecule has 0 bridgehead atoms. The summed E-state index contributed by atoms with van der Waals surface area (Å²) in [7, 11) is 0. The highest BCUT2D eigenvalue weighted by atomic mass is 16.6. The van der Waals surface area contributed by atoms with Crippen molar-refractivity contribution in [2.45, 2.75) is 20.8 Å². The Morgan fingerprint density at radius 1 is 0.919 bits per heavy atom. The van der Waals surface area contributed by atoms with Crippen LogP contribution in [-0.4, -0.2) is 76.9 Å². The number of hydrogen-bond acceptors (Lipinski definition) is 8. The van der Waals surface area contributed by atoms with E-state index in [1.807, 2.05) is 29.7 Å². The van der Waals surface area contributed by atoms with Gasteiger partial charge in [0.25, 0.3) is 0 Å². The summed E-state index contributed by atoms with van der Waals surface area (Å²) in [5, 5.41) is 3.51. The molecule has 0 aliphatic carbocycles. The largest absolute Gasteiger partial charge is 0.486 e. The van der Waals surface area contributed by atoms with E-state index in [0.717, 1.165) is 79.3 Å². The van der Waals surface area contributed by atoms with Gasteiger partial charge in [-0.3, -0.25) is 9.47 Å². The van der Waals surface area contributed by atoms with Crippen LogP contribution in [0, 0.1) is 20.8 Å². The third kappa shape index (κ3) is 4.55. The maximum atomic E-state index is 5.78. The van der Waals surface area contributed by atoms with Gasteiger partial charge in [0.05, 0.1) is 5.69 Å². The van der Waals surface area contributed by atoms with E-state index in [1.165, 1.54) is 16.8 Å². The first-order chi connectivity index (χ1) is 18.1. The Labute approximate surface area is 217 Å². The molecule has 9 heteroatoms. The predicted octanol–water partition coefficient (Wildman–Crippen LogP) is 3.75. The quantitative estimate of drug-likeness (QED) is 0.430. The van der Waals surface area contributed by atoms with E-state index < -0.39 is 0 Å². The van der Waals surface area contributed by atoms with Gasteiger partial charge in [-0.25, -0.2) is 15.0 Å². The molecule has 6 rings (SSSR count). The summed E-state index contributed by atoms with van der Waals surface area (Å²) in [6.45, 7) is 13.4. The molecular formula is C28H33N7O2. The molecule has 2 aromatic heterocycles. The monoisotopic (exact) mass is 499 g/mol. The maximum Gasteiger partial charge on any atom is 0.170 e. The van der Waals surface area contributed by atoms with Crippen LogP contribution in [0.25, 0.3) is 16.9 Å². The van der Waals surface area contributed by atoms with Gasteiger partial charge in [-0.05, 0) is 50.1 Å². The number of nitrogens with zero attached hydrogens (tertiary/aromatic N) is 6. The highest BCUT2D eigenvalue weighted by Crippen LogP contribution is 2.34. The highest BCUT2D eigenvalue weighted by Gasteiger charge is 2.20. The van der Waals surface area contributed by atoms with Crippen LogP contribution in [0.3, 0.4) is 0 Å². The first-order valence-corrected chi connectivity index (χ1v) is 13.0. The summed E-state index contributed by atoms with van der Waals surface area (Å²) in [6.07, 6.45) is 1.60. The van der Waals surface area contributed by atoms with E-state index in [1.54, 1.807) is 6.33 Å². The van der Waals surface area contributed by atoms with E-state index in [4.69, 9.17) is 14.5 Å². The summed E-state index contributed by atoms with van der Waals surface area (Å²) in [4.78, 5) is 18.9. The summed E-state index contributed by atoms with van der Waals surface area (Å²) in [5.41, 5.74) is 6.59. The molecule has 37 heavy (non-hydrogen) atoms. The number of imidazole rings is 1. The Hall–Kier alpha value is -3.85. The fourth-order valence-corrected chi connectivity index (χ4v) is 5.23. The number of piperazine rings is 1. The number of anilines is 2. The van der Waals surface area contributed by atoms with E-state index in [-0.39, 0.29) is 0 Å². The third-order valence-corrected chi connectivity index (χ3v) is 7.41. The molecule has 2 aliphatic rings. The molecule has 2 aliphatic heterocycles. The summed E-state index contributed by atoms with van der Waals surface area (Å²) >= 11 is 0. The Kier molecular flexibility index (Phi) is 6.30. The molecule has 192 valence electrons. The number of aromatic nitrogens is 4. The average Bonchev–Trinajstić information content (AvgIpc) is 3.27. The van der Waals surface area contributed by atoms with E-state index in [9.17, 15) is 0 Å². The molecule has 9 nitrogen and oxygen atoms in total. The van der Waals surface area contributed by atoms with E-state index in [0.29, 0.717) is 13.2 Å². The fraction of sp³-hybridized carbons (Fsp3) is 0.393. The van der Waals surface area contributed by atoms with Crippen LogP contribution < -0.4 is 19.7 Å². The van der Waals surface area contributed by atoms with Gasteiger partial charge >= 0.3 is 0 Å². The molecule has 0 spiro atoms. The minimum absolute atomic E-state index is 0.553. The van der Waals surface area contributed by atoms with Crippen LogP contribution in [-0.2, 0) is 0 Å². The second-order valence-corrected chi connectivity index (χ2v) is 9.69. The SMILES string of the molecule is Cc1cccc(N2CCN(CCNc3ncnc4c3nc(C)n4-c3ccc4c(c3)OCCO4)CC2)c1C. The van der Waals surface area contributed by atoms with Gasteiger partial charge in [0.1, 0.15) is 25.4 Å². The Balaban J connectivity index is 1.12. The molecule has 0 amide bonds. The van der Waals surface area contributed by atoms with Crippen LogP contribution in [0.2, 0.25) is 0 Å². The van der Waals surface area contributed by atoms with Crippen molar-refractivity contribution in [3.05, 3.63) is 59.7 Å². The van der Waals surface area contributed by atoms with Crippen molar-refractivity contribution in [1.82, 2.24) is 24.4 Å². The van der Waals surface area contributed by atoms with Crippen LogP contribution in [0.4, 0.5) is 11.5 Å². The number of ether oxygens (including phenoxy) is 2. The lowest BCUT2D eigenvalue weighted by atomic mass is 10.1. The second-order valence-electron chi connectivity index (χ2n) is 9.69. The molecule has 1 fully saturated rings. The fourth-order valence-electron chi connectivity index (χ4n) is 5.23. The topological polar surface area (TPSA) is 80.6 Å². The van der Waals surface area contributed by atoms with Gasteiger partial charge in [0.15, 0.2) is 28.5 Å². The van der Waals surface area contributed by atoms with Crippen LogP contribution >= 0.6 is 0 Å². The Morgan fingerprint density at radius 3 is 2.57 bits per heavy atom. The molecule has 0 saturated carbocycles. The lowest BCUT2D eigenvalue weighted by Gasteiger charge is -2.37. The lowest BCUT2D eigenvalue weighted by molar-refractivity contribution is 0.171. The van der Waals surface area contributed by atoms with E-state index in [2.05, 4.69) is 57.1 Å². The van der Waals surface area contributed by atoms with Gasteiger partial charge < -0.3 is 19.7 Å². The molecular weight excluding hydrogens is 466 g/mol. The number of nitrogens with one attached hydrogen (secondary N) is 1. The van der Waals surface area contributed by atoms with Crippen molar-refractivity contribution in [3.8, 4) is 17.2 Å². The van der Waals surface area contributed by atoms with Crippen LogP contribution in [0.5, 0.6) is 11.5 Å². The molecule has 1 N–H and O–H groups in total. The number of rotatable bonds is 6. The maximum absolute atomic E-state index is 5.78. The minimum atomic E-state index is 0.553. The molecule has 4 heterocycles. The standard InChI is InChI=1S/C28H33N7O2/c1-19-5-4-6-23(20(19)2)34-13-11-33(12-14-34)10-9-29-27-26-28(31-18-30-27)35(21(3)32-26)22-7-8-24-25(17-22)37-16-15-36-24/h4-8,17-18H,9-16H2,1-3H3,(H,29,30,31). The average molecular weight is 500 g/mol. The molecule has 4 aromatic rings. The van der Waals surface area contributed by atoms with Crippen molar-refractivity contribution in [2.24, 2.45) is 0 Å². The van der Waals surface area contributed by atoms with E-state index >= 15 is 0 Å². The van der Waals surface area contributed by atoms with Gasteiger partial charge in [0, 0.05) is 51.0 Å². The van der Waals surface area contributed by atoms with Gasteiger partial charge in [0.2, 0.25) is 0 Å². The molecule has 0 radical (unpaired) electrons. The first-order valence-electron chi connectivity index (χ1n) is 13.0. The predicted molar refractivity (Wildman–Crippen MR) is 145 cm³/mol. The number of fused-ring (bicyclic) bond motifs is 2. The summed E-state index contributed by atoms with van der Waals surface area (Å²) in [5.74, 6) is 3.12. The first kappa shape index (κ1) is 23.5. The molecule has 0 unspecified atom stereocenters. The smallest absolute Gasteiger partial charge is 0.170 e. The van der Waals surface area contributed by atoms with Crippen LogP contribution in [0.1, 0.15) is 17.0 Å². The van der Waals surface area contributed by atoms with Crippen molar-refractivity contribution in [2.75, 3.05) is 62.7 Å².